The monoisotopic (exact) mass is 1520 g/mol. The standard InChI is InChI=1S/C20H38O5.C20H40O5.C20H38O5.C19H37NO5.K.2Na/c1-4-13-24-17-19(25-16-15-23-14-12-20(21)22)11-9-7-5-6-8-10-18(2)3;2*1-3-5-6-7-8-9-10-11-12-13-19(17-23-14-4-2)25-16-15-24-18-20(21)22;1-4-12-22-15-18(24-14-13-23-16-19(21)25-20)11-9-7-5-6-8-10-17(2)3;;;/h4,18-19H,1,5-17H2,2-3H3,(H,21,22);19H,3-18H2,1-2H3,(H,21,22);4,19H,2-3,5-18H2,1H3,(H,21,22);4,17-18H,1,5-16,20H2,2-3H3;;;/q;;;;3*+1/p-3. The number of unbranched alkanes of at least 4 members (excludes halogenated alkanes) is 24. The molecular formula is C79H150KNNa2O20. The Bertz CT molecular complexity index is 1730. The molecule has 4 unspecified atom stereocenters. The molecule has 0 saturated carbocycles. The first-order chi connectivity index (χ1) is 48.6. The van der Waals surface area contributed by atoms with Crippen molar-refractivity contribution in [1.82, 2.24) is 0 Å². The Kier molecular flexibility index (Phi) is 113. The fourth-order valence-corrected chi connectivity index (χ4v) is 10.2. The summed E-state index contributed by atoms with van der Waals surface area (Å²) in [5.74, 6) is 2.24. The van der Waals surface area contributed by atoms with E-state index in [1.165, 1.54) is 167 Å². The predicted molar refractivity (Wildman–Crippen MR) is 394 cm³/mol. The third-order valence-corrected chi connectivity index (χ3v) is 15.7. The van der Waals surface area contributed by atoms with Crippen molar-refractivity contribution in [2.24, 2.45) is 17.7 Å². The first-order valence-electron chi connectivity index (χ1n) is 39.0. The van der Waals surface area contributed by atoms with Gasteiger partial charge in [0, 0.05) is 19.0 Å². The van der Waals surface area contributed by atoms with Crippen LogP contribution in [-0.2, 0) is 80.9 Å². The summed E-state index contributed by atoms with van der Waals surface area (Å²) in [6.07, 6.45) is 48.8. The van der Waals surface area contributed by atoms with Crippen molar-refractivity contribution in [3.05, 3.63) is 38.0 Å². The van der Waals surface area contributed by atoms with Gasteiger partial charge in [-0.3, -0.25) is 0 Å². The molecule has 0 bridgehead atoms. The Morgan fingerprint density at radius 2 is 0.602 bits per heavy atom. The zero-order valence-electron chi connectivity index (χ0n) is 67.7. The van der Waals surface area contributed by atoms with E-state index in [9.17, 15) is 34.5 Å². The van der Waals surface area contributed by atoms with E-state index in [1.54, 1.807) is 18.2 Å². The van der Waals surface area contributed by atoms with Crippen LogP contribution in [0, 0.1) is 11.8 Å². The summed E-state index contributed by atoms with van der Waals surface area (Å²) in [6, 6.07) is 0. The van der Waals surface area contributed by atoms with Crippen molar-refractivity contribution in [2.75, 3.05) is 132 Å². The number of carboxylic acids is 3. The van der Waals surface area contributed by atoms with Crippen molar-refractivity contribution >= 4 is 23.9 Å². The minimum Gasteiger partial charge on any atom is -0.550 e. The van der Waals surface area contributed by atoms with Crippen LogP contribution in [0.1, 0.15) is 280 Å². The molecule has 21 nitrogen and oxygen atoms in total. The fourth-order valence-electron chi connectivity index (χ4n) is 10.2. The van der Waals surface area contributed by atoms with E-state index in [2.05, 4.69) is 73.0 Å². The molecule has 0 aromatic rings. The zero-order chi connectivity index (χ0) is 74.7. The van der Waals surface area contributed by atoms with Gasteiger partial charge in [0.05, 0.1) is 155 Å². The van der Waals surface area contributed by atoms with E-state index in [0.717, 1.165) is 76.2 Å². The molecule has 4 atom stereocenters. The molecule has 594 valence electrons. The van der Waals surface area contributed by atoms with Crippen molar-refractivity contribution in [2.45, 2.75) is 304 Å². The number of carbonyl (C=O) groups excluding carboxylic acids is 4. The van der Waals surface area contributed by atoms with Crippen LogP contribution in [-0.4, -0.2) is 180 Å². The van der Waals surface area contributed by atoms with Crippen LogP contribution in [0.3, 0.4) is 0 Å². The van der Waals surface area contributed by atoms with Crippen LogP contribution < -0.4 is 132 Å². The molecule has 0 spiro atoms. The summed E-state index contributed by atoms with van der Waals surface area (Å²) in [5, 5.41) is 30.8. The summed E-state index contributed by atoms with van der Waals surface area (Å²) < 4.78 is 65.4. The molecular weight excluding hydrogens is 1370 g/mol. The van der Waals surface area contributed by atoms with E-state index >= 15 is 0 Å². The first kappa shape index (κ1) is 116. The van der Waals surface area contributed by atoms with Crippen molar-refractivity contribution in [3.8, 4) is 0 Å². The molecule has 24 heteroatoms. The molecule has 2 N–H and O–H groups in total. The molecule has 0 fully saturated rings. The molecule has 0 heterocycles. The van der Waals surface area contributed by atoms with Gasteiger partial charge in [0.2, 0.25) is 0 Å². The zero-order valence-corrected chi connectivity index (χ0v) is 74.8. The molecule has 0 amide bonds. The molecule has 0 aliphatic rings. The largest absolute Gasteiger partial charge is 1.00 e. The number of hydrogen-bond donors (Lipinski definition) is 1. The number of carbonyl (C=O) groups is 4. The molecule has 0 saturated heterocycles. The van der Waals surface area contributed by atoms with Gasteiger partial charge >= 0.3 is 116 Å². The van der Waals surface area contributed by atoms with E-state index in [-0.39, 0.29) is 181 Å². The Morgan fingerprint density at radius 3 is 0.864 bits per heavy atom. The smallest absolute Gasteiger partial charge is 0.550 e. The Labute approximate surface area is 715 Å². The minimum absolute atomic E-state index is 0. The molecule has 0 aromatic carbocycles. The predicted octanol–water partition coefficient (Wildman–Crippen LogP) is 4.27. The summed E-state index contributed by atoms with van der Waals surface area (Å²) in [4.78, 5) is 45.7. The molecule has 0 aliphatic heterocycles. The second-order valence-electron chi connectivity index (χ2n) is 26.4. The van der Waals surface area contributed by atoms with Gasteiger partial charge in [-0.15, -0.1) is 19.7 Å². The minimum atomic E-state index is -1.21. The van der Waals surface area contributed by atoms with Gasteiger partial charge in [0.25, 0.3) is 0 Å². The third kappa shape index (κ3) is 109. The summed E-state index contributed by atoms with van der Waals surface area (Å²) >= 11 is 0. The van der Waals surface area contributed by atoms with Crippen molar-refractivity contribution < 1.29 is 207 Å². The number of rotatable bonds is 77. The maximum absolute atomic E-state index is 10.8. The topological polar surface area (TPSA) is 283 Å². The maximum Gasteiger partial charge on any atom is 1.00 e. The number of aliphatic carboxylic acids is 3. The Hall–Kier alpha value is 0.216. The van der Waals surface area contributed by atoms with Crippen LogP contribution in [0.2, 0.25) is 0 Å². The van der Waals surface area contributed by atoms with Crippen LogP contribution in [0.5, 0.6) is 0 Å². The van der Waals surface area contributed by atoms with Gasteiger partial charge in [0.1, 0.15) is 6.61 Å². The number of ether oxygens (including phenoxy) is 12. The average molecular weight is 1520 g/mol. The quantitative estimate of drug-likeness (QED) is 0.0385. The van der Waals surface area contributed by atoms with Gasteiger partial charge in [-0.05, 0) is 43.9 Å². The molecule has 0 radical (unpaired) electrons. The van der Waals surface area contributed by atoms with Crippen LogP contribution >= 0.6 is 0 Å². The van der Waals surface area contributed by atoms with Crippen LogP contribution in [0.15, 0.2) is 38.0 Å². The molecule has 0 aromatic heterocycles. The van der Waals surface area contributed by atoms with Gasteiger partial charge in [-0.2, -0.15) is 5.90 Å². The van der Waals surface area contributed by atoms with Gasteiger partial charge < -0.3 is 91.4 Å². The number of carboxylic acid groups (broad SMARTS) is 3. The Morgan fingerprint density at radius 1 is 0.330 bits per heavy atom. The number of hydrogen-bond acceptors (Lipinski definition) is 21. The SMILES string of the molecule is C=CCOCC(CCCCCCCC(C)C)OCCOCC(=O)ON.C=CCOCC(CCCCCCCC(C)C)OCCOCCC(=O)[O-].C=CCOCC(CCCCCCCCCCC)OCCOCC(=O)[O-].CCCCCCCCCCCC(COCCC)OCCOCC(=O)[O-].[K+].[Na+].[Na+]. The summed E-state index contributed by atoms with van der Waals surface area (Å²) in [7, 11) is 0. The van der Waals surface area contributed by atoms with Crippen LogP contribution in [0.4, 0.5) is 0 Å². The third-order valence-electron chi connectivity index (χ3n) is 15.7. The van der Waals surface area contributed by atoms with E-state index in [1.807, 2.05) is 0 Å². The van der Waals surface area contributed by atoms with Crippen LogP contribution in [0.25, 0.3) is 0 Å². The van der Waals surface area contributed by atoms with E-state index in [0.29, 0.717) is 85.9 Å². The van der Waals surface area contributed by atoms with Crippen molar-refractivity contribution in [1.29, 1.82) is 0 Å². The van der Waals surface area contributed by atoms with Gasteiger partial charge in [-0.25, -0.2) is 4.79 Å². The first-order valence-corrected chi connectivity index (χ1v) is 39.0. The summed E-state index contributed by atoms with van der Waals surface area (Å²) in [5.41, 5.74) is 0. The Balaban J connectivity index is -0.000000236. The second-order valence-corrected chi connectivity index (χ2v) is 26.4. The summed E-state index contributed by atoms with van der Waals surface area (Å²) in [6.45, 7) is 33.2. The van der Waals surface area contributed by atoms with Crippen molar-refractivity contribution in [3.63, 3.8) is 0 Å². The van der Waals surface area contributed by atoms with E-state index < -0.39 is 23.9 Å². The van der Waals surface area contributed by atoms with E-state index in [4.69, 9.17) is 62.7 Å². The number of nitrogens with two attached hydrogens (primary N) is 1. The normalized spacial score (nSPS) is 12.0. The fraction of sp³-hybridized carbons (Fsp3) is 0.873. The second kappa shape index (κ2) is 100. The van der Waals surface area contributed by atoms with Gasteiger partial charge in [-0.1, -0.05) is 259 Å². The average Bonchev–Trinajstić information content (AvgIpc) is 1.83. The maximum atomic E-state index is 10.8. The molecule has 0 aliphatic carbocycles. The molecule has 0 rings (SSSR count). The molecule has 103 heavy (non-hydrogen) atoms. The van der Waals surface area contributed by atoms with Gasteiger partial charge in [0.15, 0.2) is 0 Å².